The van der Waals surface area contributed by atoms with Gasteiger partial charge in [-0.05, 0) is 25.8 Å². The lowest BCUT2D eigenvalue weighted by Crippen LogP contribution is -2.41. The lowest BCUT2D eigenvalue weighted by molar-refractivity contribution is -0.132. The van der Waals surface area contributed by atoms with Gasteiger partial charge in [0, 0.05) is 26.2 Å². The van der Waals surface area contributed by atoms with E-state index >= 15 is 0 Å². The monoisotopic (exact) mass is 242 g/mol. The minimum absolute atomic E-state index is 0.231. The molecule has 0 aliphatic carbocycles. The first-order chi connectivity index (χ1) is 8.27. The summed E-state index contributed by atoms with van der Waals surface area (Å²) in [4.78, 5) is 14.0. The Bertz CT molecular complexity index is 215. The third kappa shape index (κ3) is 5.50. The molecule has 1 atom stereocenters. The lowest BCUT2D eigenvalue weighted by Gasteiger charge is -2.26. The van der Waals surface area contributed by atoms with Crippen LogP contribution >= 0.6 is 0 Å². The maximum Gasteiger partial charge on any atom is 0.224 e. The van der Waals surface area contributed by atoms with Gasteiger partial charge in [-0.1, -0.05) is 13.3 Å². The van der Waals surface area contributed by atoms with Crippen LogP contribution < -0.4 is 5.32 Å². The molecule has 17 heavy (non-hydrogen) atoms. The van der Waals surface area contributed by atoms with E-state index < -0.39 is 0 Å². The Morgan fingerprint density at radius 2 is 2.35 bits per heavy atom. The Hall–Kier alpha value is -0.610. The average molecular weight is 242 g/mol. The maximum absolute atomic E-state index is 12.0. The molecule has 0 spiro atoms. The second kappa shape index (κ2) is 8.48. The number of ether oxygens (including phenoxy) is 1. The molecule has 1 aliphatic rings. The van der Waals surface area contributed by atoms with Gasteiger partial charge in [-0.2, -0.15) is 0 Å². The summed E-state index contributed by atoms with van der Waals surface area (Å²) in [6, 6.07) is 0.498. The molecule has 0 aromatic rings. The Labute approximate surface area is 105 Å². The Morgan fingerprint density at radius 1 is 1.53 bits per heavy atom. The topological polar surface area (TPSA) is 41.6 Å². The van der Waals surface area contributed by atoms with Gasteiger partial charge in [0.15, 0.2) is 0 Å². The Morgan fingerprint density at radius 3 is 2.94 bits per heavy atom. The van der Waals surface area contributed by atoms with E-state index in [0.717, 1.165) is 32.5 Å². The highest BCUT2D eigenvalue weighted by atomic mass is 16.5. The van der Waals surface area contributed by atoms with Crippen LogP contribution in [0.3, 0.4) is 0 Å². The van der Waals surface area contributed by atoms with E-state index in [9.17, 15) is 4.79 Å². The molecular formula is C13H26N2O2. The third-order valence-electron chi connectivity index (χ3n) is 3.26. The normalized spacial score (nSPS) is 19.5. The number of hydrogen-bond donors (Lipinski definition) is 1. The zero-order valence-electron chi connectivity index (χ0n) is 11.2. The number of nitrogens with zero attached hydrogens (tertiary/aromatic N) is 1. The predicted octanol–water partition coefficient (Wildman–Crippen LogP) is 1.40. The third-order valence-corrected chi connectivity index (χ3v) is 3.26. The molecule has 0 bridgehead atoms. The molecule has 4 nitrogen and oxygen atoms in total. The number of nitrogens with one attached hydrogen (secondary N) is 1. The van der Waals surface area contributed by atoms with Crippen LogP contribution in [0.25, 0.3) is 0 Å². The van der Waals surface area contributed by atoms with Gasteiger partial charge in [0.2, 0.25) is 5.91 Å². The zero-order valence-corrected chi connectivity index (χ0v) is 11.2. The summed E-state index contributed by atoms with van der Waals surface area (Å²) in [5.74, 6) is 0.231. The van der Waals surface area contributed by atoms with Crippen LogP contribution in [0.4, 0.5) is 0 Å². The summed E-state index contributed by atoms with van der Waals surface area (Å²) >= 11 is 0. The number of methoxy groups -OCH3 is 1. The predicted molar refractivity (Wildman–Crippen MR) is 69.0 cm³/mol. The summed E-state index contributed by atoms with van der Waals surface area (Å²) in [6.45, 7) is 5.53. The van der Waals surface area contributed by atoms with Crippen LogP contribution in [0.15, 0.2) is 0 Å². The van der Waals surface area contributed by atoms with Crippen molar-refractivity contribution < 1.29 is 9.53 Å². The summed E-state index contributed by atoms with van der Waals surface area (Å²) in [5.41, 5.74) is 0. The van der Waals surface area contributed by atoms with Crippen LogP contribution in [0.2, 0.25) is 0 Å². The molecule has 0 radical (unpaired) electrons. The van der Waals surface area contributed by atoms with Gasteiger partial charge in [0.25, 0.3) is 0 Å². The molecule has 4 heteroatoms. The molecule has 1 N–H and O–H groups in total. The summed E-state index contributed by atoms with van der Waals surface area (Å²) in [7, 11) is 1.64. The van der Waals surface area contributed by atoms with Crippen LogP contribution in [-0.4, -0.2) is 50.2 Å². The molecule has 1 rings (SSSR count). The zero-order chi connectivity index (χ0) is 12.5. The van der Waals surface area contributed by atoms with Crippen molar-refractivity contribution in [2.75, 3.05) is 33.4 Å². The number of carbonyl (C=O) groups is 1. The number of hydrogen-bond acceptors (Lipinski definition) is 3. The molecule has 0 saturated carbocycles. The number of unbranched alkanes of at least 4 members (excludes halogenated alkanes) is 1. The minimum atomic E-state index is 0.231. The first-order valence-corrected chi connectivity index (χ1v) is 6.78. The molecule has 1 unspecified atom stereocenters. The van der Waals surface area contributed by atoms with Gasteiger partial charge in [-0.3, -0.25) is 4.79 Å². The number of carbonyl (C=O) groups excluding carboxylic acids is 1. The van der Waals surface area contributed by atoms with Crippen molar-refractivity contribution >= 4 is 5.91 Å². The fourth-order valence-electron chi connectivity index (χ4n) is 2.19. The van der Waals surface area contributed by atoms with Crippen LogP contribution in [0.5, 0.6) is 0 Å². The van der Waals surface area contributed by atoms with E-state index in [4.69, 9.17) is 4.74 Å². The molecule has 0 aromatic heterocycles. The Kier molecular flexibility index (Phi) is 7.21. The molecule has 1 fully saturated rings. The van der Waals surface area contributed by atoms with Gasteiger partial charge >= 0.3 is 0 Å². The van der Waals surface area contributed by atoms with Crippen LogP contribution in [0.1, 0.15) is 39.0 Å². The van der Waals surface area contributed by atoms with E-state index in [1.165, 1.54) is 12.8 Å². The quantitative estimate of drug-likeness (QED) is 0.699. The fourth-order valence-corrected chi connectivity index (χ4v) is 2.19. The SMILES string of the molecule is CCCCN(CC1CCCN1)C(=O)CCOC. The molecule has 100 valence electrons. The highest BCUT2D eigenvalue weighted by Crippen LogP contribution is 2.09. The second-order valence-corrected chi connectivity index (χ2v) is 4.73. The van der Waals surface area contributed by atoms with Crippen molar-refractivity contribution in [1.82, 2.24) is 10.2 Å². The minimum Gasteiger partial charge on any atom is -0.384 e. The smallest absolute Gasteiger partial charge is 0.224 e. The largest absolute Gasteiger partial charge is 0.384 e. The van der Waals surface area contributed by atoms with Gasteiger partial charge < -0.3 is 15.0 Å². The summed E-state index contributed by atoms with van der Waals surface area (Å²) in [6.07, 6.45) is 5.16. The molecule has 1 heterocycles. The van der Waals surface area contributed by atoms with Crippen LogP contribution in [0, 0.1) is 0 Å². The second-order valence-electron chi connectivity index (χ2n) is 4.73. The summed E-state index contributed by atoms with van der Waals surface area (Å²) in [5, 5.41) is 3.45. The van der Waals surface area contributed by atoms with E-state index in [-0.39, 0.29) is 5.91 Å². The molecule has 1 amide bonds. The van der Waals surface area contributed by atoms with Crippen molar-refractivity contribution in [2.24, 2.45) is 0 Å². The Balaban J connectivity index is 2.37. The lowest BCUT2D eigenvalue weighted by atomic mass is 10.2. The molecule has 0 aromatic carbocycles. The van der Waals surface area contributed by atoms with Gasteiger partial charge in [0.1, 0.15) is 0 Å². The molecule has 1 aliphatic heterocycles. The highest BCUT2D eigenvalue weighted by molar-refractivity contribution is 5.76. The maximum atomic E-state index is 12.0. The first-order valence-electron chi connectivity index (χ1n) is 6.78. The van der Waals surface area contributed by atoms with Gasteiger partial charge in [-0.25, -0.2) is 0 Å². The highest BCUT2D eigenvalue weighted by Gasteiger charge is 2.20. The van der Waals surface area contributed by atoms with E-state index in [1.807, 2.05) is 4.90 Å². The number of rotatable bonds is 8. The molecule has 1 saturated heterocycles. The van der Waals surface area contributed by atoms with Crippen molar-refractivity contribution in [3.8, 4) is 0 Å². The number of amides is 1. The van der Waals surface area contributed by atoms with Gasteiger partial charge in [0.05, 0.1) is 13.0 Å². The first kappa shape index (κ1) is 14.5. The van der Waals surface area contributed by atoms with E-state index in [1.54, 1.807) is 7.11 Å². The average Bonchev–Trinajstić information content (AvgIpc) is 2.84. The van der Waals surface area contributed by atoms with Crippen molar-refractivity contribution in [3.63, 3.8) is 0 Å². The van der Waals surface area contributed by atoms with Crippen molar-refractivity contribution in [3.05, 3.63) is 0 Å². The van der Waals surface area contributed by atoms with E-state index in [0.29, 0.717) is 19.1 Å². The molecular weight excluding hydrogens is 216 g/mol. The fraction of sp³-hybridized carbons (Fsp3) is 0.923. The van der Waals surface area contributed by atoms with Crippen molar-refractivity contribution in [2.45, 2.75) is 45.1 Å². The van der Waals surface area contributed by atoms with Crippen LogP contribution in [-0.2, 0) is 9.53 Å². The van der Waals surface area contributed by atoms with E-state index in [2.05, 4.69) is 12.2 Å². The van der Waals surface area contributed by atoms with Gasteiger partial charge in [-0.15, -0.1) is 0 Å². The summed E-state index contributed by atoms with van der Waals surface area (Å²) < 4.78 is 4.97. The van der Waals surface area contributed by atoms with Crippen molar-refractivity contribution in [1.29, 1.82) is 0 Å². The standard InChI is InChI=1S/C13H26N2O2/c1-3-4-9-15(13(16)7-10-17-2)11-12-6-5-8-14-12/h12,14H,3-11H2,1-2H3.